The van der Waals surface area contributed by atoms with Gasteiger partial charge in [0.05, 0.1) is 5.92 Å². The lowest BCUT2D eigenvalue weighted by atomic mass is 10.1. The van der Waals surface area contributed by atoms with E-state index < -0.39 is 0 Å². The zero-order chi connectivity index (χ0) is 13.3. The van der Waals surface area contributed by atoms with Crippen LogP contribution in [-0.4, -0.2) is 50.1 Å². The summed E-state index contributed by atoms with van der Waals surface area (Å²) >= 11 is 0. The first-order valence-corrected chi connectivity index (χ1v) is 8.07. The molecule has 0 aromatic carbocycles. The molecule has 1 unspecified atom stereocenters. The molecular formula is C15H29N3O. The molecular weight excluding hydrogens is 238 g/mol. The maximum Gasteiger partial charge on any atom is 0.224 e. The van der Waals surface area contributed by atoms with E-state index in [1.807, 2.05) is 0 Å². The van der Waals surface area contributed by atoms with Crippen molar-refractivity contribution < 1.29 is 4.79 Å². The van der Waals surface area contributed by atoms with Crippen LogP contribution in [0.2, 0.25) is 0 Å². The molecule has 1 amide bonds. The van der Waals surface area contributed by atoms with E-state index in [1.165, 1.54) is 51.7 Å². The second kappa shape index (κ2) is 8.54. The molecule has 2 aliphatic rings. The lowest BCUT2D eigenvalue weighted by molar-refractivity contribution is -0.124. The van der Waals surface area contributed by atoms with E-state index in [2.05, 4.69) is 15.5 Å². The normalized spacial score (nSPS) is 24.5. The van der Waals surface area contributed by atoms with Crippen molar-refractivity contribution in [3.63, 3.8) is 0 Å². The van der Waals surface area contributed by atoms with Gasteiger partial charge in [-0.15, -0.1) is 0 Å². The smallest absolute Gasteiger partial charge is 0.224 e. The molecule has 4 nitrogen and oxygen atoms in total. The van der Waals surface area contributed by atoms with Gasteiger partial charge in [-0.2, -0.15) is 0 Å². The van der Waals surface area contributed by atoms with E-state index in [1.54, 1.807) is 0 Å². The highest BCUT2D eigenvalue weighted by Gasteiger charge is 2.21. The Morgan fingerprint density at radius 1 is 1.16 bits per heavy atom. The molecule has 2 N–H and O–H groups in total. The van der Waals surface area contributed by atoms with E-state index in [0.717, 1.165) is 32.5 Å². The molecule has 1 atom stereocenters. The van der Waals surface area contributed by atoms with Crippen LogP contribution in [0.25, 0.3) is 0 Å². The zero-order valence-electron chi connectivity index (χ0n) is 12.1. The van der Waals surface area contributed by atoms with Crippen LogP contribution in [0.3, 0.4) is 0 Å². The summed E-state index contributed by atoms with van der Waals surface area (Å²) in [4.78, 5) is 14.4. The van der Waals surface area contributed by atoms with Gasteiger partial charge in [0.25, 0.3) is 0 Å². The highest BCUT2D eigenvalue weighted by Crippen LogP contribution is 2.10. The summed E-state index contributed by atoms with van der Waals surface area (Å²) < 4.78 is 0. The minimum absolute atomic E-state index is 0.216. The standard InChI is InChI=1S/C15H29N3O/c19-15(14-7-9-16-13-14)17-8-3-1-4-10-18-11-5-2-6-12-18/h14,16H,1-13H2,(H,17,19). The summed E-state index contributed by atoms with van der Waals surface area (Å²) in [5, 5.41) is 6.30. The van der Waals surface area contributed by atoms with Crippen LogP contribution >= 0.6 is 0 Å². The van der Waals surface area contributed by atoms with Gasteiger partial charge in [-0.1, -0.05) is 12.8 Å². The van der Waals surface area contributed by atoms with Crippen LogP contribution in [0.4, 0.5) is 0 Å². The second-order valence-corrected chi connectivity index (χ2v) is 5.94. The minimum Gasteiger partial charge on any atom is -0.356 e. The van der Waals surface area contributed by atoms with Gasteiger partial charge in [0.1, 0.15) is 0 Å². The Bertz CT molecular complexity index is 258. The first-order chi connectivity index (χ1) is 9.36. The molecule has 0 radical (unpaired) electrons. The number of nitrogens with one attached hydrogen (secondary N) is 2. The SMILES string of the molecule is O=C(NCCCCCN1CCCCC1)C1CCNC1. The van der Waals surface area contributed by atoms with Gasteiger partial charge in [0.15, 0.2) is 0 Å². The van der Waals surface area contributed by atoms with Crippen molar-refractivity contribution in [1.82, 2.24) is 15.5 Å². The van der Waals surface area contributed by atoms with Crippen LogP contribution in [0, 0.1) is 5.92 Å². The second-order valence-electron chi connectivity index (χ2n) is 5.94. The van der Waals surface area contributed by atoms with Gasteiger partial charge in [0, 0.05) is 13.1 Å². The molecule has 4 heteroatoms. The van der Waals surface area contributed by atoms with Gasteiger partial charge in [-0.05, 0) is 58.3 Å². The molecule has 2 aliphatic heterocycles. The van der Waals surface area contributed by atoms with Gasteiger partial charge < -0.3 is 15.5 Å². The summed E-state index contributed by atoms with van der Waals surface area (Å²) in [6, 6.07) is 0. The van der Waals surface area contributed by atoms with Crippen LogP contribution in [-0.2, 0) is 4.79 Å². The molecule has 0 aromatic heterocycles. The number of nitrogens with zero attached hydrogens (tertiary/aromatic N) is 1. The van der Waals surface area contributed by atoms with Crippen molar-refractivity contribution in [2.45, 2.75) is 44.9 Å². The lowest BCUT2D eigenvalue weighted by Crippen LogP contribution is -2.33. The third-order valence-corrected chi connectivity index (χ3v) is 4.33. The molecule has 19 heavy (non-hydrogen) atoms. The molecule has 2 saturated heterocycles. The Morgan fingerprint density at radius 3 is 2.74 bits per heavy atom. The van der Waals surface area contributed by atoms with Gasteiger partial charge >= 0.3 is 0 Å². The predicted octanol–water partition coefficient (Wildman–Crippen LogP) is 1.37. The van der Waals surface area contributed by atoms with E-state index in [9.17, 15) is 4.79 Å². The summed E-state index contributed by atoms with van der Waals surface area (Å²) in [6.45, 7) is 6.56. The number of hydrogen-bond acceptors (Lipinski definition) is 3. The molecule has 2 fully saturated rings. The Kier molecular flexibility index (Phi) is 6.65. The van der Waals surface area contributed by atoms with E-state index in [4.69, 9.17) is 0 Å². The van der Waals surface area contributed by atoms with E-state index >= 15 is 0 Å². The number of piperidine rings is 1. The molecule has 0 spiro atoms. The first-order valence-electron chi connectivity index (χ1n) is 8.07. The van der Waals surface area contributed by atoms with Gasteiger partial charge in [0.2, 0.25) is 5.91 Å². The van der Waals surface area contributed by atoms with Crippen molar-refractivity contribution in [2.24, 2.45) is 5.92 Å². The Labute approximate surface area is 117 Å². The fraction of sp³-hybridized carbons (Fsp3) is 0.933. The Balaban J connectivity index is 1.42. The molecule has 0 bridgehead atoms. The number of carbonyl (C=O) groups excluding carboxylic acids is 1. The van der Waals surface area contributed by atoms with E-state index in [-0.39, 0.29) is 11.8 Å². The summed E-state index contributed by atoms with van der Waals surface area (Å²) in [6.07, 6.45) is 8.82. The molecule has 0 aliphatic carbocycles. The monoisotopic (exact) mass is 267 g/mol. The number of carbonyl (C=O) groups is 1. The number of amides is 1. The molecule has 110 valence electrons. The molecule has 0 aromatic rings. The average molecular weight is 267 g/mol. The Hall–Kier alpha value is -0.610. The topological polar surface area (TPSA) is 44.4 Å². The molecule has 0 saturated carbocycles. The van der Waals surface area contributed by atoms with Crippen molar-refractivity contribution >= 4 is 5.91 Å². The third kappa shape index (κ3) is 5.49. The fourth-order valence-electron chi connectivity index (χ4n) is 3.05. The number of rotatable bonds is 7. The van der Waals surface area contributed by atoms with Crippen molar-refractivity contribution in [3.8, 4) is 0 Å². The van der Waals surface area contributed by atoms with Gasteiger partial charge in [-0.3, -0.25) is 4.79 Å². The average Bonchev–Trinajstić information content (AvgIpc) is 2.98. The quantitative estimate of drug-likeness (QED) is 0.685. The van der Waals surface area contributed by atoms with Crippen molar-refractivity contribution in [2.75, 3.05) is 39.3 Å². The maximum atomic E-state index is 11.8. The number of hydrogen-bond donors (Lipinski definition) is 2. The summed E-state index contributed by atoms with van der Waals surface area (Å²) in [7, 11) is 0. The van der Waals surface area contributed by atoms with Crippen LogP contribution in [0.1, 0.15) is 44.9 Å². The largest absolute Gasteiger partial charge is 0.356 e. The highest BCUT2D eigenvalue weighted by molar-refractivity contribution is 5.79. The number of likely N-dealkylation sites (tertiary alicyclic amines) is 1. The van der Waals surface area contributed by atoms with Crippen LogP contribution in [0.15, 0.2) is 0 Å². The molecule has 2 heterocycles. The first kappa shape index (κ1) is 14.8. The van der Waals surface area contributed by atoms with Crippen LogP contribution in [0.5, 0.6) is 0 Å². The Morgan fingerprint density at radius 2 is 2.00 bits per heavy atom. The lowest BCUT2D eigenvalue weighted by Gasteiger charge is -2.26. The molecule has 2 rings (SSSR count). The van der Waals surface area contributed by atoms with Gasteiger partial charge in [-0.25, -0.2) is 0 Å². The number of unbranched alkanes of at least 4 members (excludes halogenated alkanes) is 2. The highest BCUT2D eigenvalue weighted by atomic mass is 16.1. The summed E-state index contributed by atoms with van der Waals surface area (Å²) in [5.41, 5.74) is 0. The zero-order valence-corrected chi connectivity index (χ0v) is 12.1. The van der Waals surface area contributed by atoms with Crippen molar-refractivity contribution in [1.29, 1.82) is 0 Å². The minimum atomic E-state index is 0.216. The third-order valence-electron chi connectivity index (χ3n) is 4.33. The predicted molar refractivity (Wildman–Crippen MR) is 78.1 cm³/mol. The van der Waals surface area contributed by atoms with Crippen molar-refractivity contribution in [3.05, 3.63) is 0 Å². The van der Waals surface area contributed by atoms with Crippen LogP contribution < -0.4 is 10.6 Å². The maximum absolute atomic E-state index is 11.8. The fourth-order valence-corrected chi connectivity index (χ4v) is 3.05. The van der Waals surface area contributed by atoms with E-state index in [0.29, 0.717) is 0 Å². The summed E-state index contributed by atoms with van der Waals surface area (Å²) in [5.74, 6) is 0.467.